The molecule has 5 aliphatic carbocycles. The highest BCUT2D eigenvalue weighted by Gasteiger charge is 2.65. The first-order valence-corrected chi connectivity index (χ1v) is 19.3. The maximum atomic E-state index is 2.55. The zero-order valence-electron chi connectivity index (χ0n) is 29.2. The van der Waals surface area contributed by atoms with E-state index in [9.17, 15) is 0 Å². The minimum Gasteiger partial charge on any atom is -0.309 e. The van der Waals surface area contributed by atoms with Gasteiger partial charge in [0.05, 0.1) is 11.0 Å². The quantitative estimate of drug-likeness (QED) is 0.176. The summed E-state index contributed by atoms with van der Waals surface area (Å²) in [7, 11) is 0. The minimum absolute atomic E-state index is 0.229. The monoisotopic (exact) mass is 665 g/mol. The lowest BCUT2D eigenvalue weighted by Gasteiger charge is -2.43. The van der Waals surface area contributed by atoms with Crippen molar-refractivity contribution in [1.82, 2.24) is 4.57 Å². The van der Waals surface area contributed by atoms with E-state index in [1.54, 1.807) is 11.1 Å². The van der Waals surface area contributed by atoms with Crippen molar-refractivity contribution in [3.05, 3.63) is 175 Å². The summed E-state index contributed by atoms with van der Waals surface area (Å²) in [6.45, 7) is 0. The minimum atomic E-state index is 0.229. The molecule has 0 N–H and O–H groups in total. The first kappa shape index (κ1) is 29.0. The smallest absolute Gasteiger partial charge is 0.0541 e. The van der Waals surface area contributed by atoms with Gasteiger partial charge in [0.1, 0.15) is 0 Å². The van der Waals surface area contributed by atoms with Gasteiger partial charge in [-0.2, -0.15) is 0 Å². The van der Waals surface area contributed by atoms with Crippen molar-refractivity contribution in [3.63, 3.8) is 0 Å². The van der Waals surface area contributed by atoms with Crippen LogP contribution in [0.25, 0.3) is 72.0 Å². The molecule has 4 fully saturated rings. The molecular weight excluding hydrogens is 627 g/mol. The Morgan fingerprint density at radius 1 is 0.423 bits per heavy atom. The number of benzene rings is 7. The van der Waals surface area contributed by atoms with Crippen molar-refractivity contribution in [3.8, 4) is 50.2 Å². The summed E-state index contributed by atoms with van der Waals surface area (Å²) in [5, 5.41) is 2.58. The molecule has 8 aromatic rings. The molecule has 1 heteroatoms. The van der Waals surface area contributed by atoms with E-state index < -0.39 is 0 Å². The molecule has 1 nitrogen and oxygen atoms in total. The first-order valence-electron chi connectivity index (χ1n) is 19.3. The highest BCUT2D eigenvalue weighted by Crippen LogP contribution is 2.73. The summed E-state index contributed by atoms with van der Waals surface area (Å²) < 4.78 is 2.47. The van der Waals surface area contributed by atoms with Crippen molar-refractivity contribution in [1.29, 1.82) is 0 Å². The molecule has 0 amide bonds. The number of hydrogen-bond donors (Lipinski definition) is 0. The number of para-hydroxylation sites is 1. The van der Waals surface area contributed by atoms with Gasteiger partial charge in [0, 0.05) is 21.9 Å². The topological polar surface area (TPSA) is 4.93 Å². The molecule has 0 radical (unpaired) electrons. The first-order chi connectivity index (χ1) is 25.7. The van der Waals surface area contributed by atoms with Gasteiger partial charge in [-0.3, -0.25) is 0 Å². The number of fused-ring (bicyclic) bond motifs is 6. The van der Waals surface area contributed by atoms with Crippen LogP contribution in [0.3, 0.4) is 0 Å². The maximum Gasteiger partial charge on any atom is 0.0541 e. The van der Waals surface area contributed by atoms with Crippen LogP contribution < -0.4 is 0 Å². The lowest BCUT2D eigenvalue weighted by atomic mass is 9.59. The summed E-state index contributed by atoms with van der Waals surface area (Å²) in [5.74, 6) is 3.50. The van der Waals surface area contributed by atoms with Crippen molar-refractivity contribution >= 4 is 21.8 Å². The molecule has 13 rings (SSSR count). The molecule has 7 aromatic carbocycles. The Balaban J connectivity index is 1.03. The molecule has 5 atom stereocenters. The van der Waals surface area contributed by atoms with Gasteiger partial charge in [0.25, 0.3) is 0 Å². The Kier molecular flexibility index (Phi) is 5.95. The van der Waals surface area contributed by atoms with Gasteiger partial charge in [-0.15, -0.1) is 0 Å². The van der Waals surface area contributed by atoms with Gasteiger partial charge in [0.2, 0.25) is 0 Å². The summed E-state index contributed by atoms with van der Waals surface area (Å²) in [6, 6.07) is 61.7. The fourth-order valence-electron chi connectivity index (χ4n) is 11.9. The van der Waals surface area contributed by atoms with E-state index in [1.165, 1.54) is 97.7 Å². The molecule has 5 aliphatic rings. The zero-order valence-corrected chi connectivity index (χ0v) is 29.2. The second-order valence-electron chi connectivity index (χ2n) is 16.1. The van der Waals surface area contributed by atoms with E-state index in [1.807, 2.05) is 0 Å². The van der Waals surface area contributed by atoms with E-state index in [2.05, 4.69) is 168 Å². The summed E-state index contributed by atoms with van der Waals surface area (Å²) in [6.07, 6.45) is 5.75. The molecule has 0 saturated heterocycles. The molecule has 248 valence electrons. The van der Waals surface area contributed by atoms with Gasteiger partial charge >= 0.3 is 0 Å². The summed E-state index contributed by atoms with van der Waals surface area (Å²) >= 11 is 0. The van der Waals surface area contributed by atoms with Crippen LogP contribution in [-0.2, 0) is 5.41 Å². The fraction of sp³-hybridized carbons (Fsp3) is 0.176. The van der Waals surface area contributed by atoms with E-state index in [0.717, 1.165) is 23.7 Å². The van der Waals surface area contributed by atoms with Crippen LogP contribution >= 0.6 is 0 Å². The second-order valence-corrected chi connectivity index (χ2v) is 16.1. The molecule has 4 saturated carbocycles. The van der Waals surface area contributed by atoms with Gasteiger partial charge in [0.15, 0.2) is 0 Å². The Hall–Kier alpha value is -5.66. The average Bonchev–Trinajstić information content (AvgIpc) is 3.87. The Morgan fingerprint density at radius 3 is 1.87 bits per heavy atom. The molecule has 1 aromatic heterocycles. The highest BCUT2D eigenvalue weighted by molar-refractivity contribution is 6.10. The van der Waals surface area contributed by atoms with Crippen molar-refractivity contribution in [2.45, 2.75) is 31.1 Å². The third-order valence-electron chi connectivity index (χ3n) is 13.8. The standard InChI is InChI=1S/C51H39N/c1-3-11-33(12-4-1)37-26-38(34-13-5-2-6-14-34)29-41(28-37)52-49-18-10-8-16-43(49)45-31-36(20-22-50(45)52)35-19-21-47-44(30-35)42-15-7-9-17-46(42)51(47)40-24-32-23-39(27-40)48(51)25-32/h1-22,26,28-32,39-40,48H,23-25,27H2. The molecule has 52 heavy (non-hydrogen) atoms. The number of aromatic nitrogens is 1. The number of rotatable bonds is 4. The average molecular weight is 666 g/mol. The predicted molar refractivity (Wildman–Crippen MR) is 216 cm³/mol. The van der Waals surface area contributed by atoms with Crippen LogP contribution in [-0.4, -0.2) is 4.57 Å². The Labute approximate surface area is 305 Å². The van der Waals surface area contributed by atoms with Gasteiger partial charge < -0.3 is 4.57 Å². The van der Waals surface area contributed by atoms with Gasteiger partial charge in [-0.05, 0) is 147 Å². The Bertz CT molecular complexity index is 2660. The number of hydrogen-bond acceptors (Lipinski definition) is 0. The maximum absolute atomic E-state index is 2.55. The van der Waals surface area contributed by atoms with E-state index in [0.29, 0.717) is 0 Å². The van der Waals surface area contributed by atoms with Crippen LogP contribution in [0.5, 0.6) is 0 Å². The lowest BCUT2D eigenvalue weighted by molar-refractivity contribution is 0.191. The molecule has 5 unspecified atom stereocenters. The van der Waals surface area contributed by atoms with Gasteiger partial charge in [-0.25, -0.2) is 0 Å². The van der Waals surface area contributed by atoms with Crippen LogP contribution in [0.4, 0.5) is 0 Å². The normalized spacial score (nSPS) is 23.5. The number of nitrogens with zero attached hydrogens (tertiary/aromatic N) is 1. The molecular formula is C51H39N. The largest absolute Gasteiger partial charge is 0.309 e. The Morgan fingerprint density at radius 2 is 1.08 bits per heavy atom. The molecule has 1 heterocycles. The van der Waals surface area contributed by atoms with E-state index >= 15 is 0 Å². The van der Waals surface area contributed by atoms with Crippen molar-refractivity contribution in [2.24, 2.45) is 23.7 Å². The fourth-order valence-corrected chi connectivity index (χ4v) is 11.9. The van der Waals surface area contributed by atoms with Crippen LogP contribution in [0.2, 0.25) is 0 Å². The molecule has 1 spiro atoms. The second kappa shape index (κ2) is 10.7. The van der Waals surface area contributed by atoms with Gasteiger partial charge in [-0.1, -0.05) is 121 Å². The summed E-state index contributed by atoms with van der Waals surface area (Å²) in [5.41, 5.74) is 17.6. The van der Waals surface area contributed by atoms with Crippen LogP contribution in [0.15, 0.2) is 164 Å². The third-order valence-corrected chi connectivity index (χ3v) is 13.8. The van der Waals surface area contributed by atoms with Crippen molar-refractivity contribution < 1.29 is 0 Å². The van der Waals surface area contributed by atoms with Crippen molar-refractivity contribution in [2.75, 3.05) is 0 Å². The third kappa shape index (κ3) is 3.89. The zero-order chi connectivity index (χ0) is 34.0. The lowest BCUT2D eigenvalue weighted by Crippen LogP contribution is -2.40. The SMILES string of the molecule is c1ccc(-c2cc(-c3ccccc3)cc(-n3c4ccccc4c4cc(-c5ccc6c(c5)-c5ccccc5C65C6CC7CC(C6)C5C7)ccc43)c2)cc1. The van der Waals surface area contributed by atoms with Crippen LogP contribution in [0, 0.1) is 23.7 Å². The predicted octanol–water partition coefficient (Wildman–Crippen LogP) is 13.1. The van der Waals surface area contributed by atoms with Crippen LogP contribution in [0.1, 0.15) is 36.8 Å². The van der Waals surface area contributed by atoms with E-state index in [4.69, 9.17) is 0 Å². The molecule has 0 aliphatic heterocycles. The highest BCUT2D eigenvalue weighted by atomic mass is 15.0. The molecule has 4 bridgehead atoms. The summed E-state index contributed by atoms with van der Waals surface area (Å²) in [4.78, 5) is 0. The van der Waals surface area contributed by atoms with E-state index in [-0.39, 0.29) is 5.41 Å².